The molecule has 0 amide bonds. The molecule has 2 heterocycles. The summed E-state index contributed by atoms with van der Waals surface area (Å²) in [5.41, 5.74) is 1.85. The molecule has 0 bridgehead atoms. The van der Waals surface area contributed by atoms with Gasteiger partial charge in [-0.1, -0.05) is 36.7 Å². The van der Waals surface area contributed by atoms with Crippen molar-refractivity contribution in [3.05, 3.63) is 62.8 Å². The zero-order valence-electron chi connectivity index (χ0n) is 10.4. The van der Waals surface area contributed by atoms with E-state index in [1.165, 1.54) is 11.3 Å². The van der Waals surface area contributed by atoms with Gasteiger partial charge in [-0.2, -0.15) is 0 Å². The first-order chi connectivity index (χ1) is 9.22. The minimum Gasteiger partial charge on any atom is -0.281 e. The lowest BCUT2D eigenvalue weighted by molar-refractivity contribution is 0.890. The van der Waals surface area contributed by atoms with Gasteiger partial charge < -0.3 is 0 Å². The van der Waals surface area contributed by atoms with Crippen LogP contribution in [0.15, 0.2) is 46.6 Å². The number of para-hydroxylation sites is 1. The summed E-state index contributed by atoms with van der Waals surface area (Å²) in [5, 5.41) is 2.98. The molecule has 19 heavy (non-hydrogen) atoms. The van der Waals surface area contributed by atoms with Gasteiger partial charge in [0.1, 0.15) is 0 Å². The number of thiophene rings is 1. The van der Waals surface area contributed by atoms with Gasteiger partial charge >= 0.3 is 0 Å². The molecule has 0 fully saturated rings. The van der Waals surface area contributed by atoms with Crippen LogP contribution in [-0.4, -0.2) is 4.57 Å². The number of aromatic nitrogens is 1. The Bertz CT molecular complexity index is 789. The fraction of sp³-hybridized carbons (Fsp3) is 0.133. The predicted octanol–water partition coefficient (Wildman–Crippen LogP) is 4.27. The molecule has 4 heteroatoms. The van der Waals surface area contributed by atoms with E-state index in [1.54, 1.807) is 4.57 Å². The molecule has 0 atom stereocenters. The van der Waals surface area contributed by atoms with Gasteiger partial charge in [-0.3, -0.25) is 9.36 Å². The zero-order chi connectivity index (χ0) is 13.4. The minimum atomic E-state index is -0.0354. The van der Waals surface area contributed by atoms with Crippen molar-refractivity contribution in [3.63, 3.8) is 0 Å². The van der Waals surface area contributed by atoms with Gasteiger partial charge in [-0.05, 0) is 24.6 Å². The number of halogens is 1. The molecule has 0 unspecified atom stereocenters. The van der Waals surface area contributed by atoms with Crippen molar-refractivity contribution in [1.82, 2.24) is 4.57 Å². The van der Waals surface area contributed by atoms with E-state index in [9.17, 15) is 4.79 Å². The van der Waals surface area contributed by atoms with Crippen LogP contribution in [0.1, 0.15) is 12.6 Å². The Kier molecular flexibility index (Phi) is 3.17. The minimum absolute atomic E-state index is 0.0354. The van der Waals surface area contributed by atoms with E-state index in [0.717, 1.165) is 22.5 Å². The van der Waals surface area contributed by atoms with Crippen molar-refractivity contribution in [1.29, 1.82) is 0 Å². The molecule has 0 N–H and O–H groups in total. The molecule has 3 aromatic rings. The Balaban J connectivity index is 2.43. The van der Waals surface area contributed by atoms with Crippen molar-refractivity contribution < 1.29 is 0 Å². The second kappa shape index (κ2) is 4.83. The van der Waals surface area contributed by atoms with E-state index < -0.39 is 0 Å². The van der Waals surface area contributed by atoms with Crippen molar-refractivity contribution in [2.45, 2.75) is 13.3 Å². The van der Waals surface area contributed by atoms with Crippen LogP contribution in [0, 0.1) is 0 Å². The number of pyridine rings is 1. The number of hydrogen-bond acceptors (Lipinski definition) is 2. The highest BCUT2D eigenvalue weighted by Crippen LogP contribution is 2.28. The molecule has 0 saturated carbocycles. The first-order valence-electron chi connectivity index (χ1n) is 6.09. The van der Waals surface area contributed by atoms with Gasteiger partial charge in [-0.15, -0.1) is 11.3 Å². The Hall–Kier alpha value is -1.58. The molecule has 2 nitrogen and oxygen atoms in total. The molecule has 0 aliphatic heterocycles. The average Bonchev–Trinajstić information content (AvgIpc) is 2.81. The largest absolute Gasteiger partial charge is 0.281 e. The third-order valence-corrected chi connectivity index (χ3v) is 4.51. The van der Waals surface area contributed by atoms with E-state index in [1.807, 2.05) is 35.7 Å². The number of aryl methyl sites for hydroxylation is 1. The number of fused-ring (bicyclic) bond motifs is 1. The summed E-state index contributed by atoms with van der Waals surface area (Å²) >= 11 is 7.65. The fourth-order valence-corrected chi connectivity index (χ4v) is 3.48. The maximum Gasteiger partial charge on any atom is 0.265 e. The molecular weight excluding hydrogens is 278 g/mol. The van der Waals surface area contributed by atoms with Crippen LogP contribution in [0.4, 0.5) is 0 Å². The van der Waals surface area contributed by atoms with Gasteiger partial charge in [-0.25, -0.2) is 0 Å². The Morgan fingerprint density at radius 3 is 2.68 bits per heavy atom. The number of benzene rings is 1. The summed E-state index contributed by atoms with van der Waals surface area (Å²) in [6.45, 7) is 2.05. The van der Waals surface area contributed by atoms with Crippen LogP contribution in [0.2, 0.25) is 5.02 Å². The normalized spacial score (nSPS) is 11.1. The number of hydrogen-bond donors (Lipinski definition) is 0. The SMILES string of the molecule is CCc1cc2scc(Cl)c2c(=O)n1-c1ccccc1. The third-order valence-electron chi connectivity index (χ3n) is 3.15. The summed E-state index contributed by atoms with van der Waals surface area (Å²) in [7, 11) is 0. The summed E-state index contributed by atoms with van der Waals surface area (Å²) < 4.78 is 2.71. The summed E-state index contributed by atoms with van der Waals surface area (Å²) in [6, 6.07) is 11.7. The van der Waals surface area contributed by atoms with Gasteiger partial charge in [0.25, 0.3) is 5.56 Å². The van der Waals surface area contributed by atoms with Gasteiger partial charge in [0.05, 0.1) is 10.4 Å². The second-order valence-electron chi connectivity index (χ2n) is 4.29. The highest BCUT2D eigenvalue weighted by molar-refractivity contribution is 7.17. The van der Waals surface area contributed by atoms with E-state index >= 15 is 0 Å². The molecule has 2 aromatic heterocycles. The second-order valence-corrected chi connectivity index (χ2v) is 5.61. The lowest BCUT2D eigenvalue weighted by Gasteiger charge is -2.12. The first kappa shape index (κ1) is 12.5. The van der Waals surface area contributed by atoms with Crippen molar-refractivity contribution >= 4 is 33.0 Å². The van der Waals surface area contributed by atoms with E-state index in [2.05, 4.69) is 13.0 Å². The van der Waals surface area contributed by atoms with Crippen LogP contribution >= 0.6 is 22.9 Å². The van der Waals surface area contributed by atoms with Crippen LogP contribution in [-0.2, 0) is 6.42 Å². The molecule has 0 aliphatic carbocycles. The zero-order valence-corrected chi connectivity index (χ0v) is 12.0. The molecule has 0 radical (unpaired) electrons. The maximum absolute atomic E-state index is 12.7. The average molecular weight is 290 g/mol. The third kappa shape index (κ3) is 1.99. The highest BCUT2D eigenvalue weighted by atomic mass is 35.5. The fourth-order valence-electron chi connectivity index (χ4n) is 2.24. The quantitative estimate of drug-likeness (QED) is 0.690. The predicted molar refractivity (Wildman–Crippen MR) is 81.8 cm³/mol. The van der Waals surface area contributed by atoms with Crippen LogP contribution < -0.4 is 5.56 Å². The number of rotatable bonds is 2. The monoisotopic (exact) mass is 289 g/mol. The van der Waals surface area contributed by atoms with E-state index in [0.29, 0.717) is 10.4 Å². The summed E-state index contributed by atoms with van der Waals surface area (Å²) in [4.78, 5) is 12.7. The molecular formula is C15H12ClNOS. The van der Waals surface area contributed by atoms with Crippen molar-refractivity contribution in [2.24, 2.45) is 0 Å². The van der Waals surface area contributed by atoms with Gasteiger partial charge in [0.2, 0.25) is 0 Å². The van der Waals surface area contributed by atoms with Gasteiger partial charge in [0.15, 0.2) is 0 Å². The molecule has 1 aromatic carbocycles. The summed E-state index contributed by atoms with van der Waals surface area (Å²) in [6.07, 6.45) is 0.801. The van der Waals surface area contributed by atoms with E-state index in [4.69, 9.17) is 11.6 Å². The Morgan fingerprint density at radius 1 is 1.26 bits per heavy atom. The number of nitrogens with zero attached hydrogens (tertiary/aromatic N) is 1. The standard InChI is InChI=1S/C15H12ClNOS/c1-2-10-8-13-14(12(16)9-19-13)15(18)17(10)11-6-4-3-5-7-11/h3-9H,2H2,1H3. The van der Waals surface area contributed by atoms with Crippen LogP contribution in [0.25, 0.3) is 15.8 Å². The topological polar surface area (TPSA) is 22.0 Å². The first-order valence-corrected chi connectivity index (χ1v) is 7.35. The lowest BCUT2D eigenvalue weighted by Crippen LogP contribution is -2.21. The molecule has 0 aliphatic rings. The van der Waals surface area contributed by atoms with E-state index in [-0.39, 0.29) is 5.56 Å². The van der Waals surface area contributed by atoms with Gasteiger partial charge in [0, 0.05) is 21.5 Å². The maximum atomic E-state index is 12.7. The van der Waals surface area contributed by atoms with Crippen molar-refractivity contribution in [3.8, 4) is 5.69 Å². The smallest absolute Gasteiger partial charge is 0.265 e. The Labute approximate surface area is 119 Å². The Morgan fingerprint density at radius 2 is 2.00 bits per heavy atom. The van der Waals surface area contributed by atoms with Crippen molar-refractivity contribution in [2.75, 3.05) is 0 Å². The molecule has 0 saturated heterocycles. The lowest BCUT2D eigenvalue weighted by atomic mass is 10.2. The molecule has 96 valence electrons. The van der Waals surface area contributed by atoms with Crippen LogP contribution in [0.3, 0.4) is 0 Å². The van der Waals surface area contributed by atoms with Crippen LogP contribution in [0.5, 0.6) is 0 Å². The molecule has 0 spiro atoms. The highest BCUT2D eigenvalue weighted by Gasteiger charge is 2.13. The molecule has 3 rings (SSSR count). The summed E-state index contributed by atoms with van der Waals surface area (Å²) in [5.74, 6) is 0.